The molecule has 176 valence electrons. The fourth-order valence-corrected chi connectivity index (χ4v) is 4.15. The van der Waals surface area contributed by atoms with Gasteiger partial charge in [0, 0.05) is 11.1 Å². The number of rotatable bonds is 6. The molecule has 3 aromatic rings. The number of hydrogen-bond acceptors (Lipinski definition) is 7. The van der Waals surface area contributed by atoms with Gasteiger partial charge < -0.3 is 14.5 Å². The largest absolute Gasteiger partial charge is 0.464 e. The van der Waals surface area contributed by atoms with Gasteiger partial charge in [-0.25, -0.2) is 9.78 Å². The van der Waals surface area contributed by atoms with Crippen LogP contribution in [0.2, 0.25) is 0 Å². The summed E-state index contributed by atoms with van der Waals surface area (Å²) in [5, 5.41) is 3.95. The van der Waals surface area contributed by atoms with E-state index in [0.29, 0.717) is 32.9 Å². The van der Waals surface area contributed by atoms with Gasteiger partial charge >= 0.3 is 12.1 Å². The van der Waals surface area contributed by atoms with Crippen molar-refractivity contribution in [1.82, 2.24) is 4.98 Å². The maximum atomic E-state index is 13.1. The molecule has 6 nitrogen and oxygen atoms in total. The van der Waals surface area contributed by atoms with Gasteiger partial charge in [0.1, 0.15) is 11.3 Å². The summed E-state index contributed by atoms with van der Waals surface area (Å²) in [4.78, 5) is 28.6. The Hall–Kier alpha value is -3.01. The molecular formula is C23H23F3N2O4S. The van der Waals surface area contributed by atoms with Crippen LogP contribution in [0.1, 0.15) is 52.8 Å². The maximum absolute atomic E-state index is 13.1. The van der Waals surface area contributed by atoms with Crippen LogP contribution < -0.4 is 10.7 Å². The van der Waals surface area contributed by atoms with Gasteiger partial charge in [0.25, 0.3) is 0 Å². The van der Waals surface area contributed by atoms with Gasteiger partial charge in [0.2, 0.25) is 0 Å². The summed E-state index contributed by atoms with van der Waals surface area (Å²) in [6.45, 7) is 7.24. The molecule has 3 rings (SSSR count). The zero-order valence-corrected chi connectivity index (χ0v) is 19.5. The number of aromatic nitrogens is 1. The van der Waals surface area contributed by atoms with E-state index >= 15 is 0 Å². The zero-order valence-electron chi connectivity index (χ0n) is 18.7. The summed E-state index contributed by atoms with van der Waals surface area (Å²) in [5.74, 6) is -0.294. The van der Waals surface area contributed by atoms with Crippen LogP contribution in [-0.4, -0.2) is 23.8 Å². The quantitative estimate of drug-likeness (QED) is 0.348. The maximum Gasteiger partial charge on any atom is 0.433 e. The number of aryl methyl sites for hydroxylation is 1. The molecule has 1 aromatic carbocycles. The number of thioether (sulfide) groups is 1. The van der Waals surface area contributed by atoms with Gasteiger partial charge in [-0.15, -0.1) is 0 Å². The Morgan fingerprint density at radius 3 is 2.58 bits per heavy atom. The number of pyridine rings is 1. The van der Waals surface area contributed by atoms with E-state index in [2.05, 4.69) is 15.0 Å². The monoisotopic (exact) mass is 480 g/mol. The van der Waals surface area contributed by atoms with Gasteiger partial charge in [0.15, 0.2) is 16.2 Å². The summed E-state index contributed by atoms with van der Waals surface area (Å²) >= 11 is 1.41. The average Bonchev–Trinajstić information content (AvgIpc) is 2.76. The fourth-order valence-electron chi connectivity index (χ4n) is 3.43. The van der Waals surface area contributed by atoms with Crippen molar-refractivity contribution in [2.45, 2.75) is 45.0 Å². The Morgan fingerprint density at radius 1 is 1.27 bits per heavy atom. The predicted molar refractivity (Wildman–Crippen MR) is 121 cm³/mol. The van der Waals surface area contributed by atoms with E-state index in [1.54, 1.807) is 19.9 Å². The molecule has 2 heterocycles. The van der Waals surface area contributed by atoms with Crippen molar-refractivity contribution in [3.05, 3.63) is 62.6 Å². The molecule has 0 aliphatic heterocycles. The second-order valence-electron chi connectivity index (χ2n) is 7.46. The number of carbonyl (C=O) groups is 1. The standard InChI is InChI=1S/C23H23F3N2O4S/c1-6-33-22-12(3)19(29)15-10-11(2)9-14(20(15)32-22)13(4)27-16-7-8-17(23(24,25)26)28-18(16)21(30)31-5/h7-10,13,27H,6H2,1-5H3/t13-/m1/s1. The number of nitrogens with one attached hydrogen (secondary N) is 1. The topological polar surface area (TPSA) is 81.4 Å². The highest BCUT2D eigenvalue weighted by molar-refractivity contribution is 7.99. The van der Waals surface area contributed by atoms with Crippen LogP contribution >= 0.6 is 11.8 Å². The third kappa shape index (κ3) is 5.00. The number of ether oxygens (including phenoxy) is 1. The number of hydrogen-bond donors (Lipinski definition) is 1. The SMILES string of the molecule is CCSc1oc2c([C@@H](C)Nc3ccc(C(F)(F)F)nc3C(=O)OC)cc(C)cc2c(=O)c1C. The van der Waals surface area contributed by atoms with Crippen molar-refractivity contribution in [1.29, 1.82) is 0 Å². The van der Waals surface area contributed by atoms with E-state index in [1.165, 1.54) is 11.8 Å². The Bertz CT molecular complexity index is 1270. The minimum atomic E-state index is -4.71. The van der Waals surface area contributed by atoms with Crippen molar-refractivity contribution in [2.75, 3.05) is 18.2 Å². The van der Waals surface area contributed by atoms with Crippen molar-refractivity contribution in [2.24, 2.45) is 0 Å². The van der Waals surface area contributed by atoms with Crippen molar-refractivity contribution in [3.8, 4) is 0 Å². The third-order valence-corrected chi connectivity index (χ3v) is 5.97. The van der Waals surface area contributed by atoms with E-state index in [4.69, 9.17) is 4.42 Å². The summed E-state index contributed by atoms with van der Waals surface area (Å²) in [5.41, 5.74) is 0.562. The van der Waals surface area contributed by atoms with E-state index in [1.807, 2.05) is 19.9 Å². The van der Waals surface area contributed by atoms with Crippen LogP contribution in [0.3, 0.4) is 0 Å². The first-order chi connectivity index (χ1) is 15.5. The lowest BCUT2D eigenvalue weighted by Gasteiger charge is -2.20. The van der Waals surface area contributed by atoms with Crippen LogP contribution in [0.5, 0.6) is 0 Å². The van der Waals surface area contributed by atoms with Crippen molar-refractivity contribution in [3.63, 3.8) is 0 Å². The van der Waals surface area contributed by atoms with Gasteiger partial charge in [-0.2, -0.15) is 13.2 Å². The van der Waals surface area contributed by atoms with Crippen molar-refractivity contribution >= 4 is 34.4 Å². The Balaban J connectivity index is 2.13. The summed E-state index contributed by atoms with van der Waals surface area (Å²) < 4.78 is 50.0. The number of nitrogens with zero attached hydrogens (tertiary/aromatic N) is 1. The minimum absolute atomic E-state index is 0.0645. The van der Waals surface area contributed by atoms with Crippen LogP contribution in [0.4, 0.5) is 18.9 Å². The first kappa shape index (κ1) is 24.6. The number of carbonyl (C=O) groups excluding carboxylic acids is 1. The average molecular weight is 481 g/mol. The minimum Gasteiger partial charge on any atom is -0.464 e. The predicted octanol–water partition coefficient (Wildman–Crippen LogP) is 5.90. The highest BCUT2D eigenvalue weighted by atomic mass is 32.2. The van der Waals surface area contributed by atoms with E-state index < -0.39 is 29.6 Å². The second kappa shape index (κ2) is 9.46. The van der Waals surface area contributed by atoms with Crippen molar-refractivity contribution < 1.29 is 27.1 Å². The van der Waals surface area contributed by atoms with Gasteiger partial charge in [-0.1, -0.05) is 24.8 Å². The molecule has 0 aliphatic carbocycles. The van der Waals surface area contributed by atoms with Crippen LogP contribution in [0.15, 0.2) is 38.6 Å². The number of methoxy groups -OCH3 is 1. The molecule has 0 unspecified atom stereocenters. The fraction of sp³-hybridized carbons (Fsp3) is 0.348. The Labute approximate surface area is 192 Å². The molecule has 0 radical (unpaired) electrons. The summed E-state index contributed by atoms with van der Waals surface area (Å²) in [6.07, 6.45) is -4.71. The molecule has 0 spiro atoms. The highest BCUT2D eigenvalue weighted by Gasteiger charge is 2.34. The van der Waals surface area contributed by atoms with E-state index in [9.17, 15) is 22.8 Å². The first-order valence-electron chi connectivity index (χ1n) is 10.1. The number of benzene rings is 1. The Morgan fingerprint density at radius 2 is 1.97 bits per heavy atom. The number of fused-ring (bicyclic) bond motifs is 1. The van der Waals surface area contributed by atoms with Crippen LogP contribution in [0, 0.1) is 13.8 Å². The van der Waals surface area contributed by atoms with Gasteiger partial charge in [0.05, 0.1) is 24.2 Å². The molecule has 33 heavy (non-hydrogen) atoms. The number of alkyl halides is 3. The number of anilines is 1. The molecule has 0 fully saturated rings. The molecular weight excluding hydrogens is 457 g/mol. The molecule has 0 amide bonds. The molecule has 10 heteroatoms. The highest BCUT2D eigenvalue weighted by Crippen LogP contribution is 2.34. The lowest BCUT2D eigenvalue weighted by Crippen LogP contribution is -2.18. The normalized spacial score (nSPS) is 12.6. The molecule has 1 atom stereocenters. The van der Waals surface area contributed by atoms with Gasteiger partial charge in [-0.05, 0) is 50.3 Å². The van der Waals surface area contributed by atoms with E-state index in [0.717, 1.165) is 24.8 Å². The number of halogens is 3. The Kier molecular flexibility index (Phi) is 7.06. The van der Waals surface area contributed by atoms with Crippen LogP contribution in [-0.2, 0) is 10.9 Å². The van der Waals surface area contributed by atoms with Gasteiger partial charge in [-0.3, -0.25) is 4.79 Å². The summed E-state index contributed by atoms with van der Waals surface area (Å²) in [6, 6.07) is 4.95. The lowest BCUT2D eigenvalue weighted by molar-refractivity contribution is -0.141. The lowest BCUT2D eigenvalue weighted by atomic mass is 10.0. The summed E-state index contributed by atoms with van der Waals surface area (Å²) in [7, 11) is 1.06. The zero-order chi connectivity index (χ0) is 24.5. The first-order valence-corrected chi connectivity index (χ1v) is 11.1. The number of esters is 1. The smallest absolute Gasteiger partial charge is 0.433 e. The molecule has 2 aromatic heterocycles. The van der Waals surface area contributed by atoms with E-state index in [-0.39, 0.29) is 11.1 Å². The molecule has 1 N–H and O–H groups in total. The molecule has 0 saturated heterocycles. The molecule has 0 aliphatic rings. The van der Waals surface area contributed by atoms with Crippen LogP contribution in [0.25, 0.3) is 11.0 Å². The third-order valence-electron chi connectivity index (χ3n) is 5.03. The molecule has 0 saturated carbocycles. The molecule has 0 bridgehead atoms. The second-order valence-corrected chi connectivity index (χ2v) is 8.69.